The fraction of sp³-hybridized carbons (Fsp3) is 0.278. The van der Waals surface area contributed by atoms with Crippen molar-refractivity contribution in [2.45, 2.75) is 0 Å². The number of hydrogen-bond donors (Lipinski definition) is 0. The zero-order valence-electron chi connectivity index (χ0n) is 13.4. The lowest BCUT2D eigenvalue weighted by molar-refractivity contribution is 0.415. The Labute approximate surface area is 144 Å². The van der Waals surface area contributed by atoms with Crippen LogP contribution < -0.4 is 14.5 Å². The van der Waals surface area contributed by atoms with Crippen molar-refractivity contribution in [3.63, 3.8) is 0 Å². The van der Waals surface area contributed by atoms with Gasteiger partial charge in [-0.05, 0) is 42.5 Å². The van der Waals surface area contributed by atoms with E-state index in [4.69, 9.17) is 9.72 Å². The monoisotopic (exact) mass is 343 g/mol. The molecular formula is C18H18FN3OS. The van der Waals surface area contributed by atoms with Gasteiger partial charge in [0.1, 0.15) is 11.6 Å². The zero-order valence-corrected chi connectivity index (χ0v) is 14.2. The van der Waals surface area contributed by atoms with Gasteiger partial charge >= 0.3 is 0 Å². The zero-order chi connectivity index (χ0) is 16.5. The number of ether oxygens (including phenoxy) is 1. The minimum absolute atomic E-state index is 0.192. The van der Waals surface area contributed by atoms with Crippen LogP contribution in [0.4, 0.5) is 15.2 Å². The van der Waals surface area contributed by atoms with Crippen molar-refractivity contribution in [1.29, 1.82) is 0 Å². The molecule has 0 spiro atoms. The van der Waals surface area contributed by atoms with E-state index in [1.807, 2.05) is 30.3 Å². The summed E-state index contributed by atoms with van der Waals surface area (Å²) in [6.07, 6.45) is 0. The second-order valence-corrected chi connectivity index (χ2v) is 6.79. The molecule has 1 saturated heterocycles. The van der Waals surface area contributed by atoms with Crippen molar-refractivity contribution in [2.24, 2.45) is 0 Å². The van der Waals surface area contributed by atoms with Crippen molar-refractivity contribution in [1.82, 2.24) is 4.98 Å². The second kappa shape index (κ2) is 6.28. The van der Waals surface area contributed by atoms with Gasteiger partial charge in [-0.3, -0.25) is 0 Å². The molecule has 1 aliphatic rings. The third-order valence-corrected chi connectivity index (χ3v) is 5.41. The second-order valence-electron chi connectivity index (χ2n) is 5.78. The average molecular weight is 343 g/mol. The summed E-state index contributed by atoms with van der Waals surface area (Å²) in [4.78, 5) is 9.34. The lowest BCUT2D eigenvalue weighted by Crippen LogP contribution is -2.46. The molecule has 0 saturated carbocycles. The van der Waals surface area contributed by atoms with Crippen LogP contribution in [0, 0.1) is 5.82 Å². The molecular weight excluding hydrogens is 325 g/mol. The molecule has 1 fully saturated rings. The fourth-order valence-corrected chi connectivity index (χ4v) is 4.01. The lowest BCUT2D eigenvalue weighted by atomic mass is 10.2. The maximum absolute atomic E-state index is 13.1. The molecule has 0 radical (unpaired) electrons. The molecule has 3 aromatic rings. The van der Waals surface area contributed by atoms with Gasteiger partial charge < -0.3 is 14.5 Å². The van der Waals surface area contributed by atoms with Crippen molar-refractivity contribution in [3.8, 4) is 5.75 Å². The summed E-state index contributed by atoms with van der Waals surface area (Å²) in [5.41, 5.74) is 2.09. The number of anilines is 2. The summed E-state index contributed by atoms with van der Waals surface area (Å²) in [6, 6.07) is 12.7. The van der Waals surface area contributed by atoms with Crippen molar-refractivity contribution in [2.75, 3.05) is 43.1 Å². The van der Waals surface area contributed by atoms with E-state index >= 15 is 0 Å². The molecule has 1 aromatic heterocycles. The largest absolute Gasteiger partial charge is 0.497 e. The van der Waals surface area contributed by atoms with Crippen LogP contribution in [0.15, 0.2) is 42.5 Å². The third-order valence-electron chi connectivity index (χ3n) is 4.33. The van der Waals surface area contributed by atoms with E-state index in [9.17, 15) is 4.39 Å². The highest BCUT2D eigenvalue weighted by molar-refractivity contribution is 7.22. The Morgan fingerprint density at radius 3 is 2.42 bits per heavy atom. The first-order valence-corrected chi connectivity index (χ1v) is 8.74. The Morgan fingerprint density at radius 2 is 1.71 bits per heavy atom. The Morgan fingerprint density at radius 1 is 1.00 bits per heavy atom. The molecule has 0 aliphatic carbocycles. The number of benzene rings is 2. The maximum atomic E-state index is 13.1. The minimum atomic E-state index is -0.192. The highest BCUT2D eigenvalue weighted by Gasteiger charge is 2.20. The van der Waals surface area contributed by atoms with E-state index in [1.165, 1.54) is 12.1 Å². The molecule has 0 unspecified atom stereocenters. The normalized spacial score (nSPS) is 15.1. The van der Waals surface area contributed by atoms with Gasteiger partial charge in [0.05, 0.1) is 17.3 Å². The predicted octanol–water partition coefficient (Wildman–Crippen LogP) is 3.77. The van der Waals surface area contributed by atoms with Gasteiger partial charge in [-0.15, -0.1) is 0 Å². The summed E-state index contributed by atoms with van der Waals surface area (Å²) in [5.74, 6) is 0.668. The smallest absolute Gasteiger partial charge is 0.186 e. The molecule has 24 heavy (non-hydrogen) atoms. The first kappa shape index (κ1) is 15.2. The van der Waals surface area contributed by atoms with Gasteiger partial charge in [-0.2, -0.15) is 0 Å². The predicted molar refractivity (Wildman–Crippen MR) is 97.0 cm³/mol. The Kier molecular flexibility index (Phi) is 3.98. The van der Waals surface area contributed by atoms with E-state index in [-0.39, 0.29) is 5.82 Å². The van der Waals surface area contributed by atoms with Crippen molar-refractivity contribution in [3.05, 3.63) is 48.3 Å². The van der Waals surface area contributed by atoms with Crippen LogP contribution in [0.5, 0.6) is 5.75 Å². The van der Waals surface area contributed by atoms with Crippen LogP contribution in [0.1, 0.15) is 0 Å². The number of thiazole rings is 1. The highest BCUT2D eigenvalue weighted by Crippen LogP contribution is 2.32. The molecule has 2 aromatic carbocycles. The number of halogens is 1. The molecule has 1 aliphatic heterocycles. The van der Waals surface area contributed by atoms with Crippen LogP contribution in [-0.4, -0.2) is 38.3 Å². The summed E-state index contributed by atoms with van der Waals surface area (Å²) in [5, 5.41) is 1.05. The number of hydrogen-bond acceptors (Lipinski definition) is 5. The fourth-order valence-electron chi connectivity index (χ4n) is 2.96. The molecule has 0 bridgehead atoms. The van der Waals surface area contributed by atoms with Crippen LogP contribution in [0.25, 0.3) is 10.2 Å². The first-order valence-electron chi connectivity index (χ1n) is 7.93. The molecule has 0 amide bonds. The molecule has 4 nitrogen and oxygen atoms in total. The summed E-state index contributed by atoms with van der Waals surface area (Å²) < 4.78 is 19.5. The number of nitrogens with zero attached hydrogens (tertiary/aromatic N) is 3. The Balaban J connectivity index is 1.48. The Bertz CT molecular complexity index is 841. The van der Waals surface area contributed by atoms with E-state index in [2.05, 4.69) is 9.80 Å². The van der Waals surface area contributed by atoms with Crippen LogP contribution in [-0.2, 0) is 0 Å². The molecule has 2 heterocycles. The van der Waals surface area contributed by atoms with Crippen LogP contribution >= 0.6 is 11.3 Å². The van der Waals surface area contributed by atoms with E-state index in [0.29, 0.717) is 0 Å². The first-order chi connectivity index (χ1) is 11.7. The summed E-state index contributed by atoms with van der Waals surface area (Å²) in [7, 11) is 1.68. The number of rotatable bonds is 3. The van der Waals surface area contributed by atoms with E-state index < -0.39 is 0 Å². The number of fused-ring (bicyclic) bond motifs is 1. The molecule has 6 heteroatoms. The van der Waals surface area contributed by atoms with Crippen molar-refractivity contribution < 1.29 is 9.13 Å². The maximum Gasteiger partial charge on any atom is 0.186 e. The molecule has 0 N–H and O–H groups in total. The van der Waals surface area contributed by atoms with Crippen LogP contribution in [0.2, 0.25) is 0 Å². The number of piperazine rings is 1. The third kappa shape index (κ3) is 2.89. The van der Waals surface area contributed by atoms with E-state index in [1.54, 1.807) is 18.4 Å². The van der Waals surface area contributed by atoms with Gasteiger partial charge in [0.25, 0.3) is 0 Å². The van der Waals surface area contributed by atoms with Gasteiger partial charge in [-0.25, -0.2) is 9.37 Å². The summed E-state index contributed by atoms with van der Waals surface area (Å²) >= 11 is 1.70. The van der Waals surface area contributed by atoms with Crippen LogP contribution in [0.3, 0.4) is 0 Å². The SMILES string of the molecule is COc1ccc2nc(N3CCN(c4ccc(F)cc4)CC3)sc2c1. The van der Waals surface area contributed by atoms with Crippen molar-refractivity contribution >= 4 is 32.4 Å². The topological polar surface area (TPSA) is 28.6 Å². The standard InChI is InChI=1S/C18H18FN3OS/c1-23-15-6-7-16-17(12-15)24-18(20-16)22-10-8-21(9-11-22)14-4-2-13(19)3-5-14/h2-7,12H,8-11H2,1H3. The van der Waals surface area contributed by atoms with E-state index in [0.717, 1.165) is 53.0 Å². The quantitative estimate of drug-likeness (QED) is 0.724. The molecule has 4 rings (SSSR count). The molecule has 0 atom stereocenters. The number of methoxy groups -OCH3 is 1. The Hall–Kier alpha value is -2.34. The minimum Gasteiger partial charge on any atom is -0.497 e. The summed E-state index contributed by atoms with van der Waals surface area (Å²) in [6.45, 7) is 3.64. The van der Waals surface area contributed by atoms with Gasteiger partial charge in [0, 0.05) is 31.9 Å². The van der Waals surface area contributed by atoms with Gasteiger partial charge in [0.2, 0.25) is 0 Å². The molecule has 124 valence electrons. The lowest BCUT2D eigenvalue weighted by Gasteiger charge is -2.35. The number of aromatic nitrogens is 1. The van der Waals surface area contributed by atoms with Gasteiger partial charge in [0.15, 0.2) is 5.13 Å². The van der Waals surface area contributed by atoms with Gasteiger partial charge in [-0.1, -0.05) is 11.3 Å². The average Bonchev–Trinajstić information content (AvgIpc) is 3.05. The highest BCUT2D eigenvalue weighted by atomic mass is 32.1.